The number of carbonyl (C=O) groups excluding carboxylic acids is 1. The Morgan fingerprint density at radius 3 is 2.83 bits per heavy atom. The Hall–Kier alpha value is -1.82. The zero-order valence-corrected chi connectivity index (χ0v) is 14.1. The van der Waals surface area contributed by atoms with Crippen molar-refractivity contribution in [2.45, 2.75) is 49.6 Å². The molecule has 0 bridgehead atoms. The van der Waals surface area contributed by atoms with Crippen LogP contribution >= 0.6 is 11.8 Å². The fraction of sp³-hybridized carbons (Fsp3) is 0.471. The second-order valence-electron chi connectivity index (χ2n) is 5.93. The molecule has 1 atom stereocenters. The van der Waals surface area contributed by atoms with Crippen molar-refractivity contribution >= 4 is 17.7 Å². The molecule has 23 heavy (non-hydrogen) atoms. The van der Waals surface area contributed by atoms with Gasteiger partial charge in [-0.2, -0.15) is 0 Å². The third-order valence-corrected chi connectivity index (χ3v) is 5.21. The van der Waals surface area contributed by atoms with Crippen molar-refractivity contribution in [1.82, 2.24) is 20.1 Å². The lowest BCUT2D eigenvalue weighted by Crippen LogP contribution is -2.30. The fourth-order valence-electron chi connectivity index (χ4n) is 3.04. The highest BCUT2D eigenvalue weighted by Gasteiger charge is 2.23. The van der Waals surface area contributed by atoms with E-state index in [4.69, 9.17) is 0 Å². The summed E-state index contributed by atoms with van der Waals surface area (Å²) >= 11 is 1.54. The van der Waals surface area contributed by atoms with Crippen LogP contribution < -0.4 is 5.32 Å². The first-order valence-electron chi connectivity index (χ1n) is 8.10. The van der Waals surface area contributed by atoms with E-state index in [1.165, 1.54) is 25.7 Å². The molecule has 0 radical (unpaired) electrons. The van der Waals surface area contributed by atoms with E-state index in [0.29, 0.717) is 11.8 Å². The summed E-state index contributed by atoms with van der Waals surface area (Å²) in [6.45, 7) is 1.97. The molecular weight excluding hydrogens is 308 g/mol. The molecule has 6 heteroatoms. The maximum Gasteiger partial charge on any atom is 0.230 e. The number of carbonyl (C=O) groups is 1. The van der Waals surface area contributed by atoms with Gasteiger partial charge in [0.2, 0.25) is 5.91 Å². The molecule has 0 spiro atoms. The molecule has 1 aromatic carbocycles. The first-order chi connectivity index (χ1) is 11.2. The minimum absolute atomic E-state index is 0.0207. The third kappa shape index (κ3) is 4.13. The molecule has 2 aromatic rings. The monoisotopic (exact) mass is 330 g/mol. The van der Waals surface area contributed by atoms with Crippen LogP contribution in [0.5, 0.6) is 0 Å². The van der Waals surface area contributed by atoms with E-state index in [2.05, 4.69) is 20.1 Å². The summed E-state index contributed by atoms with van der Waals surface area (Å²) in [5.74, 6) is 1.29. The Morgan fingerprint density at radius 1 is 1.35 bits per heavy atom. The Bertz CT molecular complexity index is 637. The topological polar surface area (TPSA) is 59.8 Å². The second kappa shape index (κ2) is 7.64. The summed E-state index contributed by atoms with van der Waals surface area (Å²) < 4.78 is 2.14. The van der Waals surface area contributed by atoms with Crippen molar-refractivity contribution < 1.29 is 4.79 Å². The number of nitrogens with one attached hydrogen (secondary N) is 1. The van der Waals surface area contributed by atoms with Gasteiger partial charge in [0.05, 0.1) is 11.8 Å². The second-order valence-corrected chi connectivity index (χ2v) is 6.97. The molecule has 1 amide bonds. The number of hydrogen-bond acceptors (Lipinski definition) is 4. The number of amides is 1. The average Bonchev–Trinajstić information content (AvgIpc) is 3.24. The van der Waals surface area contributed by atoms with Gasteiger partial charge in [-0.25, -0.2) is 0 Å². The zero-order valence-electron chi connectivity index (χ0n) is 13.3. The van der Waals surface area contributed by atoms with E-state index in [0.717, 1.165) is 10.7 Å². The van der Waals surface area contributed by atoms with E-state index >= 15 is 0 Å². The van der Waals surface area contributed by atoms with Gasteiger partial charge >= 0.3 is 0 Å². The lowest BCUT2D eigenvalue weighted by Gasteiger charge is -2.18. The molecule has 1 aliphatic rings. The summed E-state index contributed by atoms with van der Waals surface area (Å²) in [7, 11) is 0. The first-order valence-corrected chi connectivity index (χ1v) is 9.09. The lowest BCUT2D eigenvalue weighted by molar-refractivity contribution is -0.119. The van der Waals surface area contributed by atoms with Gasteiger partial charge in [-0.3, -0.25) is 4.79 Å². The number of thioether (sulfide) groups is 1. The van der Waals surface area contributed by atoms with Crippen LogP contribution in [0.3, 0.4) is 0 Å². The first kappa shape index (κ1) is 16.1. The number of rotatable bonds is 6. The van der Waals surface area contributed by atoms with Gasteiger partial charge < -0.3 is 9.88 Å². The molecule has 1 saturated carbocycles. The minimum Gasteiger partial charge on any atom is -0.346 e. The van der Waals surface area contributed by atoms with Crippen LogP contribution in [0.1, 0.15) is 50.5 Å². The van der Waals surface area contributed by atoms with Crippen molar-refractivity contribution in [2.24, 2.45) is 0 Å². The Kier molecular flexibility index (Phi) is 5.33. The van der Waals surface area contributed by atoms with Gasteiger partial charge in [-0.1, -0.05) is 31.0 Å². The van der Waals surface area contributed by atoms with E-state index in [1.54, 1.807) is 18.1 Å². The zero-order chi connectivity index (χ0) is 16.1. The minimum atomic E-state index is -0.123. The van der Waals surface area contributed by atoms with Gasteiger partial charge in [0.15, 0.2) is 5.82 Å². The smallest absolute Gasteiger partial charge is 0.230 e. The van der Waals surface area contributed by atoms with Crippen LogP contribution in [0.15, 0.2) is 41.6 Å². The van der Waals surface area contributed by atoms with Gasteiger partial charge in [0, 0.05) is 10.9 Å². The third-order valence-electron chi connectivity index (χ3n) is 4.20. The van der Waals surface area contributed by atoms with E-state index in [9.17, 15) is 4.79 Å². The molecule has 122 valence electrons. The van der Waals surface area contributed by atoms with Crippen LogP contribution in [-0.4, -0.2) is 26.4 Å². The molecule has 1 N–H and O–H groups in total. The summed E-state index contributed by atoms with van der Waals surface area (Å²) in [6.07, 6.45) is 6.67. The number of aromatic nitrogens is 3. The van der Waals surface area contributed by atoms with Crippen LogP contribution in [0.2, 0.25) is 0 Å². The van der Waals surface area contributed by atoms with Gasteiger partial charge in [0.1, 0.15) is 6.33 Å². The predicted octanol–water partition coefficient (Wildman–Crippen LogP) is 3.36. The largest absolute Gasteiger partial charge is 0.346 e. The van der Waals surface area contributed by atoms with Crippen LogP contribution in [0.25, 0.3) is 0 Å². The highest BCUT2D eigenvalue weighted by molar-refractivity contribution is 8.00. The number of nitrogens with zero attached hydrogens (tertiary/aromatic N) is 3. The van der Waals surface area contributed by atoms with E-state index in [-0.39, 0.29) is 11.9 Å². The van der Waals surface area contributed by atoms with Crippen molar-refractivity contribution in [2.75, 3.05) is 5.75 Å². The molecule has 3 rings (SSSR count). The molecule has 0 aliphatic heterocycles. The Morgan fingerprint density at radius 2 is 2.09 bits per heavy atom. The molecule has 5 nitrogen and oxygen atoms in total. The van der Waals surface area contributed by atoms with Crippen molar-refractivity contribution in [3.63, 3.8) is 0 Å². The molecule has 1 heterocycles. The van der Waals surface area contributed by atoms with E-state index in [1.807, 2.05) is 37.3 Å². The molecular formula is C17H22N4OS. The van der Waals surface area contributed by atoms with Crippen LogP contribution in [0, 0.1) is 0 Å². The normalized spacial score (nSPS) is 16.4. The highest BCUT2D eigenvalue weighted by atomic mass is 32.2. The standard InChI is InChI=1S/C17H22N4OS/c1-13(17-20-18-12-21(17)14-7-5-6-8-14)19-16(22)11-23-15-9-3-2-4-10-15/h2-4,9-10,12-14H,5-8,11H2,1H3,(H,19,22)/t13-/m1/s1. The summed E-state index contributed by atoms with van der Waals surface area (Å²) in [5, 5.41) is 11.3. The summed E-state index contributed by atoms with van der Waals surface area (Å²) in [5.41, 5.74) is 0. The van der Waals surface area contributed by atoms with Crippen LogP contribution in [-0.2, 0) is 4.79 Å². The average molecular weight is 330 g/mol. The maximum absolute atomic E-state index is 12.2. The number of hydrogen-bond donors (Lipinski definition) is 1. The summed E-state index contributed by atoms with van der Waals surface area (Å²) in [6, 6.07) is 10.3. The lowest BCUT2D eigenvalue weighted by atomic mass is 10.2. The van der Waals surface area contributed by atoms with Gasteiger partial charge in [0.25, 0.3) is 0 Å². The highest BCUT2D eigenvalue weighted by Crippen LogP contribution is 2.31. The Labute approximate surface area is 140 Å². The molecule has 0 unspecified atom stereocenters. The maximum atomic E-state index is 12.2. The predicted molar refractivity (Wildman–Crippen MR) is 91.3 cm³/mol. The number of benzene rings is 1. The van der Waals surface area contributed by atoms with Crippen LogP contribution in [0.4, 0.5) is 0 Å². The van der Waals surface area contributed by atoms with Crippen molar-refractivity contribution in [3.8, 4) is 0 Å². The quantitative estimate of drug-likeness (QED) is 0.825. The van der Waals surface area contributed by atoms with Crippen molar-refractivity contribution in [1.29, 1.82) is 0 Å². The summed E-state index contributed by atoms with van der Waals surface area (Å²) in [4.78, 5) is 13.3. The molecule has 1 aliphatic carbocycles. The molecule has 0 saturated heterocycles. The van der Waals surface area contributed by atoms with Gasteiger partial charge in [-0.15, -0.1) is 22.0 Å². The van der Waals surface area contributed by atoms with Crippen molar-refractivity contribution in [3.05, 3.63) is 42.5 Å². The SMILES string of the molecule is C[C@@H](NC(=O)CSc1ccccc1)c1nncn1C1CCCC1. The Balaban J connectivity index is 1.55. The molecule has 1 aromatic heterocycles. The fourth-order valence-corrected chi connectivity index (χ4v) is 3.77. The van der Waals surface area contributed by atoms with E-state index < -0.39 is 0 Å². The molecule has 1 fully saturated rings. The van der Waals surface area contributed by atoms with Gasteiger partial charge in [-0.05, 0) is 31.9 Å².